The predicted octanol–water partition coefficient (Wildman–Crippen LogP) is 6.68. The largest absolute Gasteiger partial charge is 0.461 e. The summed E-state index contributed by atoms with van der Waals surface area (Å²) in [6.45, 7) is 5.14. The highest BCUT2D eigenvalue weighted by molar-refractivity contribution is 15.0. The van der Waals surface area contributed by atoms with Crippen molar-refractivity contribution >= 4 is 103 Å². The van der Waals surface area contributed by atoms with Gasteiger partial charge in [-0.25, -0.2) is 20.2 Å². The monoisotopic (exact) mass is 1090 g/mol. The topological polar surface area (TPSA) is 159 Å². The van der Waals surface area contributed by atoms with Crippen LogP contribution in [-0.4, -0.2) is 107 Å². The summed E-state index contributed by atoms with van der Waals surface area (Å²) in [5.74, 6) is 5.57. The quantitative estimate of drug-likeness (QED) is 0.0523. The first-order valence-electron chi connectivity index (χ1n) is 16.9. The molecule has 3 heterocycles. The number of ether oxygens (including phenoxy) is 3. The number of hydrogen-bond donors (Lipinski definition) is 3. The van der Waals surface area contributed by atoms with Gasteiger partial charge in [0.2, 0.25) is 0 Å². The van der Waals surface area contributed by atoms with Gasteiger partial charge in [-0.05, 0) is 56.0 Å². The highest BCUT2D eigenvalue weighted by Crippen LogP contribution is 2.22. The lowest BCUT2D eigenvalue weighted by atomic mass is 10.0. The van der Waals surface area contributed by atoms with Crippen LogP contribution in [0.5, 0.6) is 0 Å². The van der Waals surface area contributed by atoms with Crippen molar-refractivity contribution in [2.45, 2.75) is 57.9 Å². The van der Waals surface area contributed by atoms with Gasteiger partial charge in [-0.1, -0.05) is 60.7 Å². The molecular weight excluding hydrogens is 1040 g/mol. The summed E-state index contributed by atoms with van der Waals surface area (Å²) in [5, 5.41) is 7.39. The minimum absolute atomic E-state index is 0. The number of carbonyl (C=O) groups excluding carboxylic acids is 3. The number of hydrazine groups is 1. The number of carbonyl (C=O) groups is 3. The van der Waals surface area contributed by atoms with Crippen LogP contribution in [0.3, 0.4) is 0 Å². The van der Waals surface area contributed by atoms with E-state index in [-0.39, 0.29) is 54.9 Å². The molecule has 0 aliphatic carbocycles. The van der Waals surface area contributed by atoms with Crippen molar-refractivity contribution in [2.75, 3.05) is 51.8 Å². The fourth-order valence-electron chi connectivity index (χ4n) is 5.75. The lowest BCUT2D eigenvalue weighted by Crippen LogP contribution is -2.53. The zero-order chi connectivity index (χ0) is 37.9. The molecular formula is C35H49I3N8O6S. The Morgan fingerprint density at radius 3 is 1.87 bits per heavy atom. The van der Waals surface area contributed by atoms with Crippen LogP contribution in [-0.2, 0) is 27.4 Å². The van der Waals surface area contributed by atoms with Crippen molar-refractivity contribution in [2.24, 2.45) is 5.84 Å². The first kappa shape index (κ1) is 46.5. The molecule has 2 aliphatic heterocycles. The predicted molar refractivity (Wildman–Crippen MR) is 237 cm³/mol. The van der Waals surface area contributed by atoms with E-state index in [2.05, 4.69) is 52.9 Å². The Morgan fingerprint density at radius 1 is 0.887 bits per heavy atom. The summed E-state index contributed by atoms with van der Waals surface area (Å²) in [4.78, 5) is 43.8. The van der Waals surface area contributed by atoms with Crippen molar-refractivity contribution < 1.29 is 28.6 Å². The second-order valence-corrected chi connectivity index (χ2v) is 12.5. The number of anilines is 1. The second-order valence-electron chi connectivity index (χ2n) is 12.1. The molecule has 292 valence electrons. The SMILES string of the molecule is CCOC(=O)c1cc(N(C)[C@@H]2CCCN(C(=O)OCc3ccccc3)C2)n[nH]1.CN(C(=S)NN)[C@@H]1CCCN(C(=O)OCc2ccccc2)C1.I.II. The number of nitrogens with two attached hydrogens (primary N) is 1. The van der Waals surface area contributed by atoms with Gasteiger partial charge in [0.05, 0.1) is 6.61 Å². The number of thiocarbonyl (C=S) groups is 1. The maximum absolute atomic E-state index is 12.4. The minimum Gasteiger partial charge on any atom is -0.461 e. The summed E-state index contributed by atoms with van der Waals surface area (Å²) >= 11 is 9.37. The van der Waals surface area contributed by atoms with E-state index in [1.807, 2.05) is 84.6 Å². The Kier molecular flexibility index (Phi) is 22.3. The number of H-pyrrole nitrogens is 1. The van der Waals surface area contributed by atoms with E-state index in [4.69, 9.17) is 32.3 Å². The van der Waals surface area contributed by atoms with E-state index in [1.54, 1.807) is 22.8 Å². The number of benzene rings is 2. The van der Waals surface area contributed by atoms with Gasteiger partial charge in [0.25, 0.3) is 0 Å². The molecule has 4 N–H and O–H groups in total. The van der Waals surface area contributed by atoms with Crippen LogP contribution in [0.15, 0.2) is 66.7 Å². The van der Waals surface area contributed by atoms with E-state index in [0.29, 0.717) is 56.0 Å². The molecule has 2 saturated heterocycles. The highest BCUT2D eigenvalue weighted by atomic mass is 128. The number of halogens is 3. The molecule has 2 atom stereocenters. The zero-order valence-corrected chi connectivity index (χ0v) is 37.6. The summed E-state index contributed by atoms with van der Waals surface area (Å²) in [5.41, 5.74) is 4.74. The average Bonchev–Trinajstić information content (AvgIpc) is 3.71. The number of nitrogens with one attached hydrogen (secondary N) is 2. The summed E-state index contributed by atoms with van der Waals surface area (Å²) in [6.07, 6.45) is 3.11. The van der Waals surface area contributed by atoms with E-state index in [1.165, 1.54) is 0 Å². The smallest absolute Gasteiger partial charge is 0.410 e. The molecule has 0 spiro atoms. The maximum Gasteiger partial charge on any atom is 0.410 e. The fourth-order valence-corrected chi connectivity index (χ4v) is 5.90. The lowest BCUT2D eigenvalue weighted by molar-refractivity contribution is 0.0519. The van der Waals surface area contributed by atoms with Crippen molar-refractivity contribution in [1.29, 1.82) is 0 Å². The van der Waals surface area contributed by atoms with E-state index < -0.39 is 5.97 Å². The van der Waals surface area contributed by atoms with Gasteiger partial charge in [0.15, 0.2) is 10.9 Å². The standard InChI is InChI=1S/C20H26N4O4.C15H22N4O2S.I2.HI/c1-3-27-19(25)17-12-18(22-21-17)23(2)16-10-7-11-24(13-16)20(26)28-14-15-8-5-4-6-9-15;1-18(14(22)17-16)13-8-5-9-19(10-13)15(20)21-11-12-6-3-2-4-7-12;1-2;/h4-6,8-9,12,16H,3,7,10-11,13-14H2,1-2H3,(H,21,22);2-4,6-7,13H,5,8-11,16H2,1H3,(H,17,22);;1H/t16-;13-;;/m11../s1. The van der Waals surface area contributed by atoms with Crippen LogP contribution in [0.2, 0.25) is 0 Å². The Labute approximate surface area is 357 Å². The third-order valence-electron chi connectivity index (χ3n) is 8.68. The molecule has 2 amide bonds. The highest BCUT2D eigenvalue weighted by Gasteiger charge is 2.30. The van der Waals surface area contributed by atoms with Crippen molar-refractivity contribution in [3.63, 3.8) is 0 Å². The number of hydrogen-bond acceptors (Lipinski definition) is 10. The number of piperidine rings is 2. The molecule has 0 radical (unpaired) electrons. The molecule has 18 heteroatoms. The van der Waals surface area contributed by atoms with Crippen LogP contribution >= 0.6 is 73.4 Å². The molecule has 1 aromatic heterocycles. The van der Waals surface area contributed by atoms with Gasteiger partial charge in [-0.3, -0.25) is 5.10 Å². The van der Waals surface area contributed by atoms with Gasteiger partial charge >= 0.3 is 18.2 Å². The van der Waals surface area contributed by atoms with Crippen LogP contribution in [0.1, 0.15) is 54.2 Å². The molecule has 0 bridgehead atoms. The first-order chi connectivity index (χ1) is 25.2. The first-order valence-corrected chi connectivity index (χ1v) is 23.6. The van der Waals surface area contributed by atoms with Crippen LogP contribution < -0.4 is 16.2 Å². The van der Waals surface area contributed by atoms with E-state index in [9.17, 15) is 14.4 Å². The van der Waals surface area contributed by atoms with Crippen LogP contribution in [0.25, 0.3) is 0 Å². The van der Waals surface area contributed by atoms with Crippen LogP contribution in [0, 0.1) is 0 Å². The Balaban J connectivity index is 0.000000353. The van der Waals surface area contributed by atoms with Gasteiger partial charge in [0.1, 0.15) is 18.9 Å². The number of nitrogens with zero attached hydrogens (tertiary/aromatic N) is 5. The molecule has 53 heavy (non-hydrogen) atoms. The Hall–Kier alpha value is -2.70. The fraction of sp³-hybridized carbons (Fsp3) is 0.457. The number of amides is 2. The zero-order valence-electron chi connectivity index (χ0n) is 30.1. The Bertz CT molecular complexity index is 1540. The van der Waals surface area contributed by atoms with Crippen molar-refractivity contribution in [3.8, 4) is 0 Å². The van der Waals surface area contributed by atoms with E-state index in [0.717, 1.165) is 36.8 Å². The van der Waals surface area contributed by atoms with Crippen molar-refractivity contribution in [1.82, 2.24) is 30.3 Å². The molecule has 0 saturated carbocycles. The average molecular weight is 1090 g/mol. The number of esters is 1. The van der Waals surface area contributed by atoms with Gasteiger partial charge < -0.3 is 39.2 Å². The van der Waals surface area contributed by atoms with Crippen LogP contribution in [0.4, 0.5) is 15.4 Å². The van der Waals surface area contributed by atoms with Gasteiger partial charge in [-0.2, -0.15) is 5.10 Å². The second kappa shape index (κ2) is 25.4. The molecule has 2 fully saturated rings. The van der Waals surface area contributed by atoms with Crippen molar-refractivity contribution in [3.05, 3.63) is 83.6 Å². The normalized spacial score (nSPS) is 16.2. The molecule has 2 aromatic carbocycles. The third kappa shape index (κ3) is 15.2. The summed E-state index contributed by atoms with van der Waals surface area (Å²) in [7, 11) is 3.79. The molecule has 5 rings (SSSR count). The van der Waals surface area contributed by atoms with Gasteiger partial charge in [-0.15, -0.1) is 24.0 Å². The maximum atomic E-state index is 12.4. The summed E-state index contributed by atoms with van der Waals surface area (Å²) in [6, 6.07) is 21.2. The number of aromatic nitrogens is 2. The number of aromatic amines is 1. The lowest BCUT2D eigenvalue weighted by Gasteiger charge is -2.37. The van der Waals surface area contributed by atoms with Gasteiger partial charge in [0, 0.05) is 95.7 Å². The number of rotatable bonds is 9. The number of likely N-dealkylation sites (N-methyl/N-ethyl adjacent to an activating group) is 2. The minimum atomic E-state index is -0.426. The molecule has 0 unspecified atom stereocenters. The Morgan fingerprint density at radius 2 is 1.38 bits per heavy atom. The van der Waals surface area contributed by atoms with E-state index >= 15 is 0 Å². The summed E-state index contributed by atoms with van der Waals surface area (Å²) < 4.78 is 15.8. The molecule has 14 nitrogen and oxygen atoms in total. The number of likely N-dealkylation sites (tertiary alicyclic amines) is 2. The third-order valence-corrected chi connectivity index (χ3v) is 9.09. The molecule has 3 aromatic rings. The molecule has 2 aliphatic rings.